The molecule has 1 amide bonds. The molecule has 5 aliphatic rings. The monoisotopic (exact) mass is 434 g/mol. The normalized spacial score (nSPS) is 34.7. The average Bonchev–Trinajstić information content (AvgIpc) is 3.22. The average molecular weight is 435 g/mol. The first kappa shape index (κ1) is 20.0. The van der Waals surface area contributed by atoms with Crippen LogP contribution in [0.15, 0.2) is 29.6 Å². The standard InChI is InChI=1S/C27H34N2OS/c1-18-7-9-22(10-8-18)26-12-19-11-20(13-26)15-27(14-19,17-26)24(30)29-25-28-23(16-31-25)21-5-3-2-4-6-21/h7-10,16,19-21H,2-6,11-15,17H2,1H3,(H,28,29,30). The van der Waals surface area contributed by atoms with E-state index in [2.05, 4.69) is 41.9 Å². The van der Waals surface area contributed by atoms with Crippen LogP contribution in [0.1, 0.15) is 93.4 Å². The van der Waals surface area contributed by atoms with Crippen molar-refractivity contribution < 1.29 is 4.79 Å². The summed E-state index contributed by atoms with van der Waals surface area (Å²) in [6.45, 7) is 2.16. The molecule has 0 aliphatic heterocycles. The zero-order valence-corrected chi connectivity index (χ0v) is 19.5. The molecular formula is C27H34N2OS. The molecule has 7 rings (SSSR count). The van der Waals surface area contributed by atoms with Crippen molar-refractivity contribution in [3.63, 3.8) is 0 Å². The second-order valence-corrected chi connectivity index (χ2v) is 12.1. The van der Waals surface area contributed by atoms with Gasteiger partial charge in [0.2, 0.25) is 5.91 Å². The van der Waals surface area contributed by atoms with Crippen LogP contribution in [0.25, 0.3) is 0 Å². The lowest BCUT2D eigenvalue weighted by molar-refractivity contribution is -0.143. The van der Waals surface area contributed by atoms with E-state index in [0.717, 1.165) is 24.4 Å². The first-order valence-corrected chi connectivity index (χ1v) is 13.3. The third-order valence-electron chi connectivity index (χ3n) is 8.97. The molecule has 1 aromatic heterocycles. The maximum Gasteiger partial charge on any atom is 0.232 e. The van der Waals surface area contributed by atoms with E-state index in [1.165, 1.54) is 68.2 Å². The zero-order valence-electron chi connectivity index (χ0n) is 18.7. The Morgan fingerprint density at radius 1 is 1.03 bits per heavy atom. The van der Waals surface area contributed by atoms with Gasteiger partial charge < -0.3 is 5.32 Å². The van der Waals surface area contributed by atoms with Gasteiger partial charge in [-0.15, -0.1) is 11.3 Å². The van der Waals surface area contributed by atoms with E-state index in [1.807, 2.05) is 0 Å². The fourth-order valence-corrected chi connectivity index (χ4v) is 8.72. The van der Waals surface area contributed by atoms with Crippen LogP contribution in [0.5, 0.6) is 0 Å². The fraction of sp³-hybridized carbons (Fsp3) is 0.630. The van der Waals surface area contributed by atoms with Crippen LogP contribution in [0.4, 0.5) is 5.13 Å². The summed E-state index contributed by atoms with van der Waals surface area (Å²) in [4.78, 5) is 18.6. The number of aromatic nitrogens is 1. The third-order valence-corrected chi connectivity index (χ3v) is 9.75. The largest absolute Gasteiger partial charge is 0.301 e. The zero-order chi connectivity index (χ0) is 21.1. The van der Waals surface area contributed by atoms with Crippen LogP contribution in [-0.2, 0) is 10.2 Å². The number of carbonyl (C=O) groups excluding carboxylic acids is 1. The maximum atomic E-state index is 13.7. The minimum Gasteiger partial charge on any atom is -0.301 e. The van der Waals surface area contributed by atoms with Gasteiger partial charge in [0, 0.05) is 11.3 Å². The molecule has 31 heavy (non-hydrogen) atoms. The van der Waals surface area contributed by atoms with Gasteiger partial charge in [0.15, 0.2) is 5.13 Å². The van der Waals surface area contributed by atoms with E-state index >= 15 is 0 Å². The number of anilines is 1. The number of aryl methyl sites for hydroxylation is 1. The van der Waals surface area contributed by atoms with Gasteiger partial charge in [0.1, 0.15) is 0 Å². The number of thiazole rings is 1. The summed E-state index contributed by atoms with van der Waals surface area (Å²) in [6, 6.07) is 9.18. The highest BCUT2D eigenvalue weighted by atomic mass is 32.1. The maximum absolute atomic E-state index is 13.7. The summed E-state index contributed by atoms with van der Waals surface area (Å²) in [5.74, 6) is 2.24. The molecule has 2 atom stereocenters. The van der Waals surface area contributed by atoms with Crippen LogP contribution in [-0.4, -0.2) is 10.9 Å². The molecule has 5 saturated carbocycles. The number of nitrogens with zero attached hydrogens (tertiary/aromatic N) is 1. The smallest absolute Gasteiger partial charge is 0.232 e. The number of hydrogen-bond donors (Lipinski definition) is 1. The summed E-state index contributed by atoms with van der Waals surface area (Å²) >= 11 is 1.63. The molecular weight excluding hydrogens is 400 g/mol. The molecule has 0 spiro atoms. The molecule has 2 aromatic rings. The molecule has 1 N–H and O–H groups in total. The second kappa shape index (κ2) is 7.43. The van der Waals surface area contributed by atoms with Crippen molar-refractivity contribution in [1.29, 1.82) is 0 Å². The van der Waals surface area contributed by atoms with Crippen LogP contribution < -0.4 is 5.32 Å². The van der Waals surface area contributed by atoms with Gasteiger partial charge in [-0.05, 0) is 81.1 Å². The molecule has 5 fully saturated rings. The van der Waals surface area contributed by atoms with Gasteiger partial charge in [0.25, 0.3) is 0 Å². The highest BCUT2D eigenvalue weighted by Gasteiger charge is 2.61. The number of benzene rings is 1. The molecule has 0 radical (unpaired) electrons. The minimum atomic E-state index is -0.203. The van der Waals surface area contributed by atoms with Crippen molar-refractivity contribution in [2.45, 2.75) is 88.9 Å². The molecule has 4 heteroatoms. The minimum absolute atomic E-state index is 0.200. The van der Waals surface area contributed by atoms with Crippen molar-refractivity contribution >= 4 is 22.4 Å². The first-order chi connectivity index (χ1) is 15.0. The summed E-state index contributed by atoms with van der Waals surface area (Å²) in [7, 11) is 0. The van der Waals surface area contributed by atoms with E-state index in [9.17, 15) is 4.79 Å². The molecule has 164 valence electrons. The number of nitrogens with one attached hydrogen (secondary N) is 1. The Hall–Kier alpha value is -1.68. The van der Waals surface area contributed by atoms with E-state index in [0.29, 0.717) is 17.8 Å². The Morgan fingerprint density at radius 3 is 2.45 bits per heavy atom. The number of rotatable bonds is 4. The van der Waals surface area contributed by atoms with E-state index in [1.54, 1.807) is 11.3 Å². The predicted octanol–water partition coefficient (Wildman–Crippen LogP) is 6.98. The summed E-state index contributed by atoms with van der Waals surface area (Å²) < 4.78 is 0. The first-order valence-electron chi connectivity index (χ1n) is 12.4. The molecule has 0 saturated heterocycles. The van der Waals surface area contributed by atoms with Gasteiger partial charge >= 0.3 is 0 Å². The predicted molar refractivity (Wildman–Crippen MR) is 127 cm³/mol. The topological polar surface area (TPSA) is 42.0 Å². The number of carbonyl (C=O) groups is 1. The highest BCUT2D eigenvalue weighted by molar-refractivity contribution is 7.13. The fourth-order valence-electron chi connectivity index (χ4n) is 7.93. The molecule has 3 nitrogen and oxygen atoms in total. The Kier molecular flexibility index (Phi) is 4.79. The van der Waals surface area contributed by atoms with Crippen LogP contribution in [0.2, 0.25) is 0 Å². The van der Waals surface area contributed by atoms with Gasteiger partial charge in [-0.25, -0.2) is 4.98 Å². The van der Waals surface area contributed by atoms with Crippen molar-refractivity contribution in [2.24, 2.45) is 17.3 Å². The Labute approximate surface area is 190 Å². The lowest BCUT2D eigenvalue weighted by Gasteiger charge is -2.61. The van der Waals surface area contributed by atoms with Crippen molar-refractivity contribution in [2.75, 3.05) is 5.32 Å². The second-order valence-electron chi connectivity index (χ2n) is 11.3. The van der Waals surface area contributed by atoms with Gasteiger partial charge in [0.05, 0.1) is 11.1 Å². The van der Waals surface area contributed by atoms with Crippen molar-refractivity contribution in [1.82, 2.24) is 4.98 Å². The molecule has 5 aliphatic carbocycles. The number of hydrogen-bond acceptors (Lipinski definition) is 3. The molecule has 2 unspecified atom stereocenters. The van der Waals surface area contributed by atoms with Crippen LogP contribution in [0.3, 0.4) is 0 Å². The van der Waals surface area contributed by atoms with Crippen LogP contribution in [0, 0.1) is 24.2 Å². The Bertz CT molecular complexity index is 957. The van der Waals surface area contributed by atoms with E-state index in [4.69, 9.17) is 4.98 Å². The highest BCUT2D eigenvalue weighted by Crippen LogP contribution is 2.66. The summed E-state index contributed by atoms with van der Waals surface area (Å²) in [5, 5.41) is 6.32. The lowest BCUT2D eigenvalue weighted by atomic mass is 9.42. The van der Waals surface area contributed by atoms with Gasteiger partial charge in [-0.3, -0.25) is 4.79 Å². The SMILES string of the molecule is Cc1ccc(C23CC4CC(CC(C(=O)Nc5nc(C6CCCCC6)cs5)(C4)C2)C3)cc1. The Morgan fingerprint density at radius 2 is 1.74 bits per heavy atom. The van der Waals surface area contributed by atoms with Gasteiger partial charge in [-0.1, -0.05) is 49.1 Å². The number of amides is 1. The quantitative estimate of drug-likeness (QED) is 0.564. The summed E-state index contributed by atoms with van der Waals surface area (Å²) in [6.07, 6.45) is 13.5. The molecule has 1 heterocycles. The van der Waals surface area contributed by atoms with Crippen LogP contribution >= 0.6 is 11.3 Å². The van der Waals surface area contributed by atoms with E-state index < -0.39 is 0 Å². The molecule has 4 bridgehead atoms. The van der Waals surface area contributed by atoms with E-state index in [-0.39, 0.29) is 16.7 Å². The summed E-state index contributed by atoms with van der Waals surface area (Å²) in [5.41, 5.74) is 4.00. The molecule has 1 aromatic carbocycles. The lowest BCUT2D eigenvalue weighted by Crippen LogP contribution is -2.57. The third kappa shape index (κ3) is 3.46. The van der Waals surface area contributed by atoms with Crippen molar-refractivity contribution in [3.05, 3.63) is 46.5 Å². The Balaban J connectivity index is 1.24. The van der Waals surface area contributed by atoms with Crippen molar-refractivity contribution in [3.8, 4) is 0 Å². The van der Waals surface area contributed by atoms with Gasteiger partial charge in [-0.2, -0.15) is 0 Å².